The SMILES string of the molecule is O=C(N1CC(CN2C(=O)C3(CC3)N=C2c2ccc(-c3ccc4nc[nH]c4c3)cc2F)C1)C1(O)CC1. The van der Waals surface area contributed by atoms with Crippen LogP contribution in [0.3, 0.4) is 0 Å². The van der Waals surface area contributed by atoms with Gasteiger partial charge in [0.1, 0.15) is 22.8 Å². The number of imidazole rings is 1. The number of nitrogens with one attached hydrogen (secondary N) is 1. The summed E-state index contributed by atoms with van der Waals surface area (Å²) in [6.07, 6.45) is 4.01. The Bertz CT molecular complexity index is 1430. The Morgan fingerprint density at radius 2 is 1.86 bits per heavy atom. The number of fused-ring (bicyclic) bond motifs is 1. The van der Waals surface area contributed by atoms with Gasteiger partial charge in [-0.2, -0.15) is 0 Å². The zero-order chi connectivity index (χ0) is 23.9. The highest BCUT2D eigenvalue weighted by molar-refractivity contribution is 6.16. The minimum atomic E-state index is -1.17. The molecule has 1 aromatic heterocycles. The number of H-pyrrole nitrogens is 1. The first-order valence-corrected chi connectivity index (χ1v) is 12.0. The van der Waals surface area contributed by atoms with Gasteiger partial charge in [-0.3, -0.25) is 19.5 Å². The van der Waals surface area contributed by atoms with Crippen LogP contribution in [-0.4, -0.2) is 73.3 Å². The number of hydrogen-bond acceptors (Lipinski definition) is 5. The number of hydrogen-bond donors (Lipinski definition) is 2. The van der Waals surface area contributed by atoms with E-state index in [4.69, 9.17) is 4.99 Å². The van der Waals surface area contributed by atoms with Crippen LogP contribution in [-0.2, 0) is 9.59 Å². The first-order valence-electron chi connectivity index (χ1n) is 12.0. The quantitative estimate of drug-likeness (QED) is 0.594. The van der Waals surface area contributed by atoms with Crippen molar-refractivity contribution in [2.45, 2.75) is 36.8 Å². The molecule has 3 aromatic rings. The second kappa shape index (κ2) is 6.97. The number of rotatable bonds is 5. The lowest BCUT2D eigenvalue weighted by molar-refractivity contribution is -0.149. The molecule has 2 aliphatic carbocycles. The number of carbonyl (C=O) groups excluding carboxylic acids is 2. The van der Waals surface area contributed by atoms with E-state index < -0.39 is 17.0 Å². The van der Waals surface area contributed by atoms with E-state index in [-0.39, 0.29) is 17.7 Å². The molecule has 0 unspecified atom stereocenters. The third kappa shape index (κ3) is 3.21. The molecule has 2 aromatic carbocycles. The molecule has 1 spiro atoms. The molecule has 1 saturated heterocycles. The van der Waals surface area contributed by atoms with Crippen LogP contribution in [0.5, 0.6) is 0 Å². The number of carbonyl (C=O) groups is 2. The number of benzene rings is 2. The van der Waals surface area contributed by atoms with Gasteiger partial charge in [0.2, 0.25) is 0 Å². The highest BCUT2D eigenvalue weighted by Gasteiger charge is 2.58. The Morgan fingerprint density at radius 3 is 2.57 bits per heavy atom. The van der Waals surface area contributed by atoms with Gasteiger partial charge in [-0.05, 0) is 61.1 Å². The molecule has 35 heavy (non-hydrogen) atoms. The summed E-state index contributed by atoms with van der Waals surface area (Å²) in [4.78, 5) is 40.8. The molecule has 0 radical (unpaired) electrons. The fourth-order valence-corrected chi connectivity index (χ4v) is 5.20. The smallest absolute Gasteiger partial charge is 0.256 e. The number of aromatic amines is 1. The topological polar surface area (TPSA) is 102 Å². The maximum atomic E-state index is 15.4. The van der Waals surface area contributed by atoms with Gasteiger partial charge in [0.25, 0.3) is 11.8 Å². The summed E-state index contributed by atoms with van der Waals surface area (Å²) in [5.74, 6) is -0.267. The second-order valence-corrected chi connectivity index (χ2v) is 10.3. The molecule has 7 rings (SSSR count). The zero-order valence-electron chi connectivity index (χ0n) is 19.0. The van der Waals surface area contributed by atoms with Crippen LogP contribution in [0.2, 0.25) is 0 Å². The van der Waals surface area contributed by atoms with Crippen molar-refractivity contribution in [3.05, 3.63) is 54.1 Å². The Labute approximate surface area is 200 Å². The monoisotopic (exact) mass is 473 g/mol. The minimum absolute atomic E-state index is 0.0767. The van der Waals surface area contributed by atoms with Crippen molar-refractivity contribution in [1.82, 2.24) is 19.8 Å². The molecule has 2 N–H and O–H groups in total. The number of aliphatic hydroxyl groups is 1. The van der Waals surface area contributed by atoms with Gasteiger partial charge < -0.3 is 15.0 Å². The zero-order valence-corrected chi connectivity index (χ0v) is 19.0. The molecule has 2 saturated carbocycles. The molecule has 0 atom stereocenters. The van der Waals surface area contributed by atoms with E-state index in [0.29, 0.717) is 56.7 Å². The Hall–Kier alpha value is -3.59. The molecule has 8 nitrogen and oxygen atoms in total. The fraction of sp³-hybridized carbons (Fsp3) is 0.385. The third-order valence-electron chi connectivity index (χ3n) is 7.71. The average Bonchev–Trinajstić information content (AvgIpc) is 3.70. The summed E-state index contributed by atoms with van der Waals surface area (Å²) in [6.45, 7) is 1.37. The van der Waals surface area contributed by atoms with Crippen molar-refractivity contribution >= 4 is 28.7 Å². The summed E-state index contributed by atoms with van der Waals surface area (Å²) in [5, 5.41) is 10.1. The van der Waals surface area contributed by atoms with Crippen molar-refractivity contribution in [3.63, 3.8) is 0 Å². The number of nitrogens with zero attached hydrogens (tertiary/aromatic N) is 4. The van der Waals surface area contributed by atoms with Crippen molar-refractivity contribution in [1.29, 1.82) is 0 Å². The van der Waals surface area contributed by atoms with Crippen LogP contribution in [0.4, 0.5) is 4.39 Å². The second-order valence-electron chi connectivity index (χ2n) is 10.3. The highest BCUT2D eigenvalue weighted by Crippen LogP contribution is 2.47. The molecule has 178 valence electrons. The third-order valence-corrected chi connectivity index (χ3v) is 7.71. The maximum Gasteiger partial charge on any atom is 0.256 e. The van der Waals surface area contributed by atoms with Crippen molar-refractivity contribution in [3.8, 4) is 11.1 Å². The van der Waals surface area contributed by atoms with Gasteiger partial charge in [-0.15, -0.1) is 0 Å². The largest absolute Gasteiger partial charge is 0.380 e. The van der Waals surface area contributed by atoms with Crippen LogP contribution in [0, 0.1) is 11.7 Å². The van der Waals surface area contributed by atoms with E-state index in [1.165, 1.54) is 6.07 Å². The molecule has 3 fully saturated rings. The normalized spacial score (nSPS) is 22.0. The van der Waals surface area contributed by atoms with E-state index in [9.17, 15) is 14.7 Å². The molecule has 0 bridgehead atoms. The molecular formula is C26H24FN5O3. The predicted molar refractivity (Wildman–Crippen MR) is 126 cm³/mol. The van der Waals surface area contributed by atoms with Gasteiger partial charge in [0.05, 0.1) is 22.9 Å². The van der Waals surface area contributed by atoms with E-state index >= 15 is 4.39 Å². The maximum absolute atomic E-state index is 15.4. The van der Waals surface area contributed by atoms with Gasteiger partial charge in [0.15, 0.2) is 0 Å². The lowest BCUT2D eigenvalue weighted by Crippen LogP contribution is -2.57. The molecule has 4 aliphatic rings. The van der Waals surface area contributed by atoms with Crippen LogP contribution in [0.15, 0.2) is 47.7 Å². The minimum Gasteiger partial charge on any atom is -0.380 e. The van der Waals surface area contributed by atoms with E-state index in [2.05, 4.69) is 9.97 Å². The number of likely N-dealkylation sites (tertiary alicyclic amines) is 1. The number of amidine groups is 1. The Balaban J connectivity index is 1.13. The molecule has 3 heterocycles. The van der Waals surface area contributed by atoms with E-state index in [1.54, 1.807) is 22.2 Å². The van der Waals surface area contributed by atoms with E-state index in [0.717, 1.165) is 22.2 Å². The van der Waals surface area contributed by atoms with Crippen molar-refractivity contribution < 1.29 is 19.1 Å². The summed E-state index contributed by atoms with van der Waals surface area (Å²) < 4.78 is 15.4. The van der Waals surface area contributed by atoms with Gasteiger partial charge in [0, 0.05) is 25.6 Å². The Kier molecular flexibility index (Phi) is 4.14. The number of amides is 2. The van der Waals surface area contributed by atoms with Gasteiger partial charge in [-0.25, -0.2) is 9.37 Å². The summed E-state index contributed by atoms with van der Waals surface area (Å²) in [7, 11) is 0. The Morgan fingerprint density at radius 1 is 1.11 bits per heavy atom. The molecule has 2 amide bonds. The molecule has 9 heteroatoms. The predicted octanol–water partition coefficient (Wildman–Crippen LogP) is 2.47. The number of aliphatic imine (C=N–C) groups is 1. The summed E-state index contributed by atoms with van der Waals surface area (Å²) in [6, 6.07) is 10.7. The fourth-order valence-electron chi connectivity index (χ4n) is 5.20. The summed E-state index contributed by atoms with van der Waals surface area (Å²) >= 11 is 0. The number of aromatic nitrogens is 2. The summed E-state index contributed by atoms with van der Waals surface area (Å²) in [5.41, 5.74) is 1.71. The van der Waals surface area contributed by atoms with Crippen LogP contribution in [0.25, 0.3) is 22.2 Å². The average molecular weight is 474 g/mol. The molecule has 2 aliphatic heterocycles. The first-order chi connectivity index (χ1) is 16.9. The van der Waals surface area contributed by atoms with Crippen molar-refractivity contribution in [2.24, 2.45) is 10.9 Å². The first kappa shape index (κ1) is 20.8. The van der Waals surface area contributed by atoms with Crippen molar-refractivity contribution in [2.75, 3.05) is 19.6 Å². The molecular weight excluding hydrogens is 449 g/mol. The van der Waals surface area contributed by atoms with E-state index in [1.807, 2.05) is 24.3 Å². The van der Waals surface area contributed by atoms with Crippen LogP contribution >= 0.6 is 0 Å². The van der Waals surface area contributed by atoms with Crippen LogP contribution in [0.1, 0.15) is 31.2 Å². The van der Waals surface area contributed by atoms with Gasteiger partial charge >= 0.3 is 0 Å². The standard InChI is InChI=1S/C26H24FN5O3/c27-19-9-16(17-2-4-20-21(10-17)29-14-28-20)1-3-18(19)22-30-25(5-6-25)23(33)32(22)13-15-11-31(12-15)24(34)26(35)7-8-26/h1-4,9-10,14-15,35H,5-8,11-13H2,(H,28,29). The lowest BCUT2D eigenvalue weighted by Gasteiger charge is -2.42. The number of halogens is 1. The van der Waals surface area contributed by atoms with Gasteiger partial charge in [-0.1, -0.05) is 12.1 Å². The lowest BCUT2D eigenvalue weighted by atomic mass is 9.97. The van der Waals surface area contributed by atoms with Crippen LogP contribution < -0.4 is 0 Å². The highest BCUT2D eigenvalue weighted by atomic mass is 19.1.